The van der Waals surface area contributed by atoms with Gasteiger partial charge in [-0.25, -0.2) is 0 Å². The molecular weight excluding hydrogens is 294 g/mol. The number of rotatable bonds is 2. The maximum atomic E-state index is 13.0. The van der Waals surface area contributed by atoms with E-state index in [9.17, 15) is 4.79 Å². The van der Waals surface area contributed by atoms with Crippen LogP contribution in [0.2, 0.25) is 0 Å². The van der Waals surface area contributed by atoms with Crippen molar-refractivity contribution in [3.8, 4) is 11.5 Å². The van der Waals surface area contributed by atoms with Crippen LogP contribution in [0.15, 0.2) is 30.5 Å². The molecule has 1 unspecified atom stereocenters. The van der Waals surface area contributed by atoms with Crippen LogP contribution in [0.1, 0.15) is 34.8 Å². The van der Waals surface area contributed by atoms with Crippen LogP contribution in [-0.4, -0.2) is 47.3 Å². The Kier molecular flexibility index (Phi) is 3.65. The summed E-state index contributed by atoms with van der Waals surface area (Å²) in [6.07, 6.45) is 3.81. The number of fused-ring (bicyclic) bond motifs is 1. The van der Waals surface area contributed by atoms with Crippen molar-refractivity contribution in [2.75, 3.05) is 26.3 Å². The van der Waals surface area contributed by atoms with Crippen molar-refractivity contribution in [2.24, 2.45) is 0 Å². The number of para-hydroxylation sites is 1. The Morgan fingerprint density at radius 2 is 2.17 bits per heavy atom. The van der Waals surface area contributed by atoms with Crippen molar-refractivity contribution >= 4 is 5.91 Å². The van der Waals surface area contributed by atoms with Crippen LogP contribution in [0.5, 0.6) is 11.5 Å². The molecule has 0 bridgehead atoms. The minimum absolute atomic E-state index is 0.0107. The van der Waals surface area contributed by atoms with E-state index in [-0.39, 0.29) is 5.91 Å². The number of piperidine rings is 1. The highest BCUT2D eigenvalue weighted by Crippen LogP contribution is 2.35. The van der Waals surface area contributed by atoms with Crippen LogP contribution in [-0.2, 0) is 0 Å². The molecule has 0 aliphatic carbocycles. The van der Waals surface area contributed by atoms with Crippen molar-refractivity contribution in [1.29, 1.82) is 0 Å². The average molecular weight is 313 g/mol. The minimum Gasteiger partial charge on any atom is -0.486 e. The Labute approximate surface area is 134 Å². The monoisotopic (exact) mass is 313 g/mol. The molecule has 6 heteroatoms. The average Bonchev–Trinajstić information content (AvgIpc) is 3.15. The van der Waals surface area contributed by atoms with E-state index in [0.717, 1.165) is 25.1 Å². The Morgan fingerprint density at radius 3 is 3.04 bits per heavy atom. The number of carbonyl (C=O) groups is 1. The van der Waals surface area contributed by atoms with Crippen LogP contribution in [0.25, 0.3) is 0 Å². The molecule has 1 aromatic carbocycles. The molecule has 1 atom stereocenters. The second kappa shape index (κ2) is 5.95. The zero-order valence-electron chi connectivity index (χ0n) is 12.8. The number of amides is 1. The molecule has 0 spiro atoms. The smallest absolute Gasteiger partial charge is 0.257 e. The second-order valence-corrected chi connectivity index (χ2v) is 5.93. The number of benzene rings is 1. The van der Waals surface area contributed by atoms with Gasteiger partial charge in [-0.3, -0.25) is 9.89 Å². The third kappa shape index (κ3) is 2.65. The zero-order chi connectivity index (χ0) is 15.6. The first-order valence-electron chi connectivity index (χ1n) is 8.00. The first-order valence-corrected chi connectivity index (χ1v) is 8.00. The largest absolute Gasteiger partial charge is 0.486 e. The summed E-state index contributed by atoms with van der Waals surface area (Å²) in [5.74, 6) is 1.56. The molecule has 1 fully saturated rings. The van der Waals surface area contributed by atoms with Crippen LogP contribution >= 0.6 is 0 Å². The lowest BCUT2D eigenvalue weighted by Gasteiger charge is -2.33. The molecular formula is C17H19N3O3. The number of nitrogens with zero attached hydrogens (tertiary/aromatic N) is 2. The van der Waals surface area contributed by atoms with E-state index in [0.29, 0.717) is 42.7 Å². The number of aromatic nitrogens is 2. The molecule has 23 heavy (non-hydrogen) atoms. The fourth-order valence-corrected chi connectivity index (χ4v) is 3.32. The predicted molar refractivity (Wildman–Crippen MR) is 83.9 cm³/mol. The number of nitrogens with one attached hydrogen (secondary N) is 1. The number of likely N-dealkylation sites (tertiary alicyclic amines) is 1. The quantitative estimate of drug-likeness (QED) is 0.923. The third-order valence-corrected chi connectivity index (χ3v) is 4.47. The van der Waals surface area contributed by atoms with Gasteiger partial charge < -0.3 is 14.4 Å². The van der Waals surface area contributed by atoms with Gasteiger partial charge in [0.2, 0.25) is 0 Å². The van der Waals surface area contributed by atoms with E-state index in [1.54, 1.807) is 6.20 Å². The number of hydrogen-bond donors (Lipinski definition) is 1. The third-order valence-electron chi connectivity index (χ3n) is 4.47. The van der Waals surface area contributed by atoms with Crippen molar-refractivity contribution in [3.63, 3.8) is 0 Å². The van der Waals surface area contributed by atoms with Crippen molar-refractivity contribution in [2.45, 2.75) is 18.8 Å². The summed E-state index contributed by atoms with van der Waals surface area (Å²) in [5, 5.41) is 7.04. The number of carbonyl (C=O) groups excluding carboxylic acids is 1. The lowest BCUT2D eigenvalue weighted by Crippen LogP contribution is -2.39. The topological polar surface area (TPSA) is 67.5 Å². The molecule has 2 aromatic rings. The highest BCUT2D eigenvalue weighted by molar-refractivity contribution is 5.98. The zero-order valence-corrected chi connectivity index (χ0v) is 12.8. The molecule has 120 valence electrons. The molecule has 0 radical (unpaired) electrons. The maximum Gasteiger partial charge on any atom is 0.257 e. The lowest BCUT2D eigenvalue weighted by atomic mass is 9.94. The van der Waals surface area contributed by atoms with Crippen molar-refractivity contribution in [1.82, 2.24) is 15.1 Å². The summed E-state index contributed by atoms with van der Waals surface area (Å²) in [4.78, 5) is 14.9. The molecule has 3 heterocycles. The number of aromatic amines is 1. The SMILES string of the molecule is O=C(c1cccc2c1OCCO2)N1CCCC(c2ccn[nH]2)C1. The number of H-pyrrole nitrogens is 1. The summed E-state index contributed by atoms with van der Waals surface area (Å²) < 4.78 is 11.2. The van der Waals surface area contributed by atoms with Gasteiger partial charge in [0, 0.05) is 30.9 Å². The molecule has 6 nitrogen and oxygen atoms in total. The van der Waals surface area contributed by atoms with Gasteiger partial charge in [-0.2, -0.15) is 5.10 Å². The Bertz CT molecular complexity index is 699. The van der Waals surface area contributed by atoms with Gasteiger partial charge >= 0.3 is 0 Å². The fourth-order valence-electron chi connectivity index (χ4n) is 3.32. The molecule has 2 aliphatic heterocycles. The summed E-state index contributed by atoms with van der Waals surface area (Å²) in [6, 6.07) is 7.49. The highest BCUT2D eigenvalue weighted by atomic mass is 16.6. The highest BCUT2D eigenvalue weighted by Gasteiger charge is 2.29. The number of ether oxygens (including phenoxy) is 2. The second-order valence-electron chi connectivity index (χ2n) is 5.93. The van der Waals surface area contributed by atoms with Gasteiger partial charge in [0.25, 0.3) is 5.91 Å². The van der Waals surface area contributed by atoms with Gasteiger partial charge in [0.05, 0.1) is 5.56 Å². The molecule has 4 rings (SSSR count). The minimum atomic E-state index is 0.0107. The summed E-state index contributed by atoms with van der Waals surface area (Å²) in [6.45, 7) is 2.48. The van der Waals surface area contributed by atoms with Gasteiger partial charge in [-0.1, -0.05) is 6.07 Å². The van der Waals surface area contributed by atoms with E-state index in [4.69, 9.17) is 9.47 Å². The van der Waals surface area contributed by atoms with E-state index in [2.05, 4.69) is 10.2 Å². The van der Waals surface area contributed by atoms with Crippen molar-refractivity contribution in [3.05, 3.63) is 41.7 Å². The molecule has 2 aliphatic rings. The first-order chi connectivity index (χ1) is 11.3. The van der Waals surface area contributed by atoms with Crippen LogP contribution < -0.4 is 9.47 Å². The van der Waals surface area contributed by atoms with Gasteiger partial charge in [0.15, 0.2) is 11.5 Å². The fraction of sp³-hybridized carbons (Fsp3) is 0.412. The molecule has 1 amide bonds. The standard InChI is InChI=1S/C17H19N3O3/c21-17(13-4-1-5-15-16(13)23-10-9-22-15)20-8-2-3-12(11-20)14-6-7-18-19-14/h1,4-7,12H,2-3,8-11H2,(H,18,19). The van der Waals surface area contributed by atoms with Crippen molar-refractivity contribution < 1.29 is 14.3 Å². The van der Waals surface area contributed by atoms with Gasteiger partial charge in [0.1, 0.15) is 13.2 Å². The summed E-state index contributed by atoms with van der Waals surface area (Å²) in [5.41, 5.74) is 1.68. The Balaban J connectivity index is 1.57. The number of hydrogen-bond acceptors (Lipinski definition) is 4. The molecule has 1 aromatic heterocycles. The van der Waals surface area contributed by atoms with Gasteiger partial charge in [-0.15, -0.1) is 0 Å². The van der Waals surface area contributed by atoms with E-state index < -0.39 is 0 Å². The van der Waals surface area contributed by atoms with E-state index in [1.165, 1.54) is 0 Å². The molecule has 1 saturated heterocycles. The Hall–Kier alpha value is -2.50. The first kappa shape index (κ1) is 14.1. The summed E-state index contributed by atoms with van der Waals surface area (Å²) in [7, 11) is 0. The van der Waals surface area contributed by atoms with Crippen LogP contribution in [0, 0.1) is 0 Å². The summed E-state index contributed by atoms with van der Waals surface area (Å²) >= 11 is 0. The lowest BCUT2D eigenvalue weighted by molar-refractivity contribution is 0.0695. The maximum absolute atomic E-state index is 13.0. The predicted octanol–water partition coefficient (Wildman–Crippen LogP) is 2.20. The Morgan fingerprint density at radius 1 is 1.26 bits per heavy atom. The van der Waals surface area contributed by atoms with E-state index in [1.807, 2.05) is 29.2 Å². The van der Waals surface area contributed by atoms with E-state index >= 15 is 0 Å². The molecule has 0 saturated carbocycles. The normalized spacial score (nSPS) is 20.3. The molecule has 1 N–H and O–H groups in total. The van der Waals surface area contributed by atoms with Crippen LogP contribution in [0.3, 0.4) is 0 Å². The van der Waals surface area contributed by atoms with Gasteiger partial charge in [-0.05, 0) is 31.0 Å². The van der Waals surface area contributed by atoms with Crippen LogP contribution in [0.4, 0.5) is 0 Å².